The molecule has 0 saturated heterocycles. The second-order valence-corrected chi connectivity index (χ2v) is 26.6. The van der Waals surface area contributed by atoms with Crippen LogP contribution in [0.5, 0.6) is 0 Å². The van der Waals surface area contributed by atoms with Crippen LogP contribution in [0.4, 0.5) is 58.4 Å². The van der Waals surface area contributed by atoms with Crippen molar-refractivity contribution in [2.75, 3.05) is 57.2 Å². The first-order valence-corrected chi connectivity index (χ1v) is 32.1. The van der Waals surface area contributed by atoms with E-state index in [4.69, 9.17) is 0 Å². The number of aliphatic hydroxyl groups is 4. The first-order valence-electron chi connectivity index (χ1n) is 23.5. The number of aromatic nitrogens is 6. The summed E-state index contributed by atoms with van der Waals surface area (Å²) in [7, 11) is -31.2. The molecule has 12 N–H and O–H groups in total. The average Bonchev–Trinajstić information content (AvgIpc) is 1.00. The molecular formula is C44H50KN12NaO22S6. The minimum atomic E-state index is -5.37. The van der Waals surface area contributed by atoms with E-state index in [9.17, 15) is 98.2 Å². The maximum Gasteiger partial charge on any atom is 1.00 e. The van der Waals surface area contributed by atoms with Gasteiger partial charge in [0.1, 0.15) is 30.0 Å². The van der Waals surface area contributed by atoms with E-state index in [0.717, 1.165) is 36.4 Å². The van der Waals surface area contributed by atoms with Crippen LogP contribution in [-0.2, 0) is 60.7 Å². The summed E-state index contributed by atoms with van der Waals surface area (Å²) >= 11 is 0. The molecule has 0 radical (unpaired) electrons. The summed E-state index contributed by atoms with van der Waals surface area (Å²) in [4.78, 5) is 21.9. The van der Waals surface area contributed by atoms with Gasteiger partial charge in [0.2, 0.25) is 35.7 Å². The molecule has 2 aromatic heterocycles. The molecule has 6 aromatic rings. The molecule has 86 heavy (non-hydrogen) atoms. The number of nitrogens with zero attached hydrogens (tertiary/aromatic N) is 8. The third-order valence-corrected chi connectivity index (χ3v) is 16.1. The van der Waals surface area contributed by atoms with Crippen molar-refractivity contribution in [2.24, 2.45) is 0 Å². The quantitative estimate of drug-likeness (QED) is 0.0138. The molecule has 456 valence electrons. The molecule has 42 heteroatoms. The van der Waals surface area contributed by atoms with Gasteiger partial charge in [-0.3, -0.25) is 18.2 Å². The van der Waals surface area contributed by atoms with E-state index in [1.54, 1.807) is 0 Å². The van der Waals surface area contributed by atoms with Gasteiger partial charge in [0, 0.05) is 37.6 Å². The molecule has 0 aliphatic rings. The van der Waals surface area contributed by atoms with Crippen LogP contribution < -0.4 is 112 Å². The molecule has 4 atom stereocenters. The van der Waals surface area contributed by atoms with Gasteiger partial charge in [0.05, 0.1) is 55.4 Å². The van der Waals surface area contributed by atoms with Gasteiger partial charge in [0.25, 0.3) is 40.5 Å². The van der Waals surface area contributed by atoms with Crippen LogP contribution in [0.3, 0.4) is 0 Å². The molecular weight excluding hydrogens is 1300 g/mol. The van der Waals surface area contributed by atoms with E-state index in [0.29, 0.717) is 36.4 Å². The minimum Gasteiger partial charge on any atom is -0.744 e. The monoisotopic (exact) mass is 1350 g/mol. The minimum absolute atomic E-state index is 0. The molecule has 0 fully saturated rings. The molecule has 34 nitrogen and oxygen atoms in total. The molecule has 0 aliphatic carbocycles. The van der Waals surface area contributed by atoms with Crippen molar-refractivity contribution in [3.05, 3.63) is 83.9 Å². The molecule has 0 aliphatic heterocycles. The molecule has 6 rings (SSSR count). The Labute approximate surface area is 556 Å². The van der Waals surface area contributed by atoms with Crippen LogP contribution >= 0.6 is 0 Å². The van der Waals surface area contributed by atoms with Gasteiger partial charge in [-0.25, -0.2) is 16.8 Å². The summed E-state index contributed by atoms with van der Waals surface area (Å²) < 4.78 is 213. The second kappa shape index (κ2) is 29.3. The maximum atomic E-state index is 12.9. The zero-order chi connectivity index (χ0) is 62.7. The van der Waals surface area contributed by atoms with Crippen LogP contribution in [0.15, 0.2) is 102 Å². The van der Waals surface area contributed by atoms with Crippen molar-refractivity contribution in [1.29, 1.82) is 0 Å². The number of aliphatic hydroxyl groups excluding tert-OH is 4. The third kappa shape index (κ3) is 21.0. The molecule has 2 heterocycles. The Hall–Kier alpha value is -4.62. The van der Waals surface area contributed by atoms with Crippen LogP contribution in [0.25, 0.3) is 12.2 Å². The summed E-state index contributed by atoms with van der Waals surface area (Å²) in [5.41, 5.74) is -2.64. The van der Waals surface area contributed by atoms with Crippen molar-refractivity contribution < 1.29 is 179 Å². The molecule has 4 aromatic carbocycles. The van der Waals surface area contributed by atoms with E-state index < -0.39 is 150 Å². The van der Waals surface area contributed by atoms with Crippen molar-refractivity contribution >= 4 is 131 Å². The van der Waals surface area contributed by atoms with Crippen LogP contribution in [0.1, 0.15) is 38.8 Å². The molecule has 0 amide bonds. The smallest absolute Gasteiger partial charge is 0.744 e. The van der Waals surface area contributed by atoms with Gasteiger partial charge in [-0.2, -0.15) is 63.6 Å². The first-order chi connectivity index (χ1) is 38.6. The summed E-state index contributed by atoms with van der Waals surface area (Å²) in [6.07, 6.45) is -2.45. The van der Waals surface area contributed by atoms with Crippen molar-refractivity contribution in [1.82, 2.24) is 29.9 Å². The Bertz CT molecular complexity index is 3940. The second-order valence-electron chi connectivity index (χ2n) is 18.2. The van der Waals surface area contributed by atoms with Gasteiger partial charge in [-0.05, 0) is 99.5 Å². The Balaban J connectivity index is 0.00000792. The van der Waals surface area contributed by atoms with Gasteiger partial charge < -0.3 is 60.6 Å². The topological polar surface area (TPSA) is 545 Å². The zero-order valence-electron chi connectivity index (χ0n) is 45.5. The molecule has 0 saturated carbocycles. The predicted octanol–water partition coefficient (Wildman–Crippen LogP) is -4.86. The first kappa shape index (κ1) is 73.8. The maximum absolute atomic E-state index is 12.9. The van der Waals surface area contributed by atoms with Crippen LogP contribution in [-0.4, -0.2) is 179 Å². The Morgan fingerprint density at radius 1 is 0.430 bits per heavy atom. The van der Waals surface area contributed by atoms with E-state index in [1.165, 1.54) is 49.6 Å². The summed E-state index contributed by atoms with van der Waals surface area (Å²) in [5, 5.41) is 51.1. The normalized spacial score (nSPS) is 13.8. The van der Waals surface area contributed by atoms with Gasteiger partial charge >= 0.3 is 80.9 Å². The summed E-state index contributed by atoms with van der Waals surface area (Å²) in [5.74, 6) is -3.08. The van der Waals surface area contributed by atoms with Gasteiger partial charge in [-0.15, -0.1) is 0 Å². The summed E-state index contributed by atoms with van der Waals surface area (Å²) in [6, 6.07) is 9.76. The Morgan fingerprint density at radius 2 is 0.721 bits per heavy atom. The van der Waals surface area contributed by atoms with Crippen molar-refractivity contribution in [3.63, 3.8) is 0 Å². The predicted molar refractivity (Wildman–Crippen MR) is 294 cm³/mol. The van der Waals surface area contributed by atoms with Crippen LogP contribution in [0.2, 0.25) is 0 Å². The Kier molecular flexibility index (Phi) is 25.2. The van der Waals surface area contributed by atoms with E-state index >= 15 is 0 Å². The van der Waals surface area contributed by atoms with Gasteiger partial charge in [-0.1, -0.05) is 24.3 Å². The SMILES string of the molecule is CC(O)CN(CC(C)O)c1nc(Nc2ccc(/C=C/c3ccc(Nc4nc(Nc5cc(S(=O)(=O)O)ccc5S(=O)(=O)[O-])nc(N(CC(C)O)CC(C)O)n4)cc3S(=O)(=O)O)c(S(=O)(=O)O)c2)nc(Nc2cc(S(=O)(=O)O)ccc2S(=O)(=O)[O-])n1.[K+].[Na+]. The largest absolute Gasteiger partial charge is 1.00 e. The van der Waals surface area contributed by atoms with Gasteiger partial charge in [0.15, 0.2) is 0 Å². The van der Waals surface area contributed by atoms with Crippen molar-refractivity contribution in [2.45, 2.75) is 81.5 Å². The third-order valence-electron chi connectivity index (χ3n) is 10.8. The fourth-order valence-corrected chi connectivity index (χ4v) is 11.2. The Morgan fingerprint density at radius 3 is 0.977 bits per heavy atom. The number of hydrogen-bond donors (Lipinski definition) is 12. The zero-order valence-corrected chi connectivity index (χ0v) is 55.6. The standard InChI is InChI=1S/C44H52N12O22S6.K.Na/c1-23(57)19-55(20-24(2)58)43-51-39(49-41(53-43)47-33-17-31(79(61,62)63)11-13-35(33)81(67,68)69)45-29-9-7-27(37(15-29)83(73,74)75)5-6-28-8-10-30(16-38(28)84(76,77)78)46-40-50-42(54-44(52-40)56(21-25(3)59)22-26(4)60)48-34-18-32(80(64,65)66)12-14-36(34)82(70,71)72;;/h5-18,23-26,57-60H,19-22H2,1-4H3,(H,61,62,63)(H,64,65,66)(H,67,68,69)(H,70,71,72)(H,73,74,75)(H,76,77,78)(H2,45,47,49,51,53)(H2,46,48,50,52,54);;/q;2*+1/p-2/b6-5+;;. The number of hydrogen-bond acceptors (Lipinski definition) is 30. The van der Waals surface area contributed by atoms with Crippen LogP contribution in [0, 0.1) is 0 Å². The molecule has 0 bridgehead atoms. The average molecular weight is 1350 g/mol. The van der Waals surface area contributed by atoms with E-state index in [-0.39, 0.29) is 142 Å². The summed E-state index contributed by atoms with van der Waals surface area (Å²) in [6.45, 7) is 4.39. The number of nitrogens with one attached hydrogen (secondary N) is 4. The number of rotatable bonds is 26. The van der Waals surface area contributed by atoms with Crippen molar-refractivity contribution in [3.8, 4) is 0 Å². The number of benzene rings is 4. The fourth-order valence-electron chi connectivity index (χ4n) is 7.58. The fraction of sp³-hybridized carbons (Fsp3) is 0.273. The molecule has 4 unspecified atom stereocenters. The van der Waals surface area contributed by atoms with E-state index in [2.05, 4.69) is 51.2 Å². The van der Waals surface area contributed by atoms with E-state index in [1.807, 2.05) is 0 Å². The molecule has 0 spiro atoms. The number of anilines is 10.